The van der Waals surface area contributed by atoms with Crippen molar-refractivity contribution in [3.8, 4) is 16.5 Å². The summed E-state index contributed by atoms with van der Waals surface area (Å²) in [7, 11) is 1.58. The molecule has 11 heteroatoms. The second kappa shape index (κ2) is 11.0. The van der Waals surface area contributed by atoms with Crippen LogP contribution in [0.5, 0.6) is 5.75 Å². The Hall–Kier alpha value is -3.57. The summed E-state index contributed by atoms with van der Waals surface area (Å²) in [5.74, 6) is 0.502. The minimum atomic E-state index is -0.845. The van der Waals surface area contributed by atoms with E-state index in [1.54, 1.807) is 12.0 Å². The molecule has 3 aromatic heterocycles. The summed E-state index contributed by atoms with van der Waals surface area (Å²) >= 11 is 2.92. The summed E-state index contributed by atoms with van der Waals surface area (Å²) in [5.41, 5.74) is 0.304. The Morgan fingerprint density at radius 3 is 2.50 bits per heavy atom. The van der Waals surface area contributed by atoms with Crippen LogP contribution in [0.3, 0.4) is 0 Å². The lowest BCUT2D eigenvalue weighted by atomic mass is 10.1. The van der Waals surface area contributed by atoms with Gasteiger partial charge in [-0.15, -0.1) is 32.9 Å². The molecule has 1 atom stereocenters. The number of ether oxygens (including phenoxy) is 1. The van der Waals surface area contributed by atoms with E-state index in [2.05, 4.69) is 20.7 Å². The average Bonchev–Trinajstić information content (AvgIpc) is 3.60. The van der Waals surface area contributed by atoms with Crippen LogP contribution in [0.4, 0.5) is 0 Å². The van der Waals surface area contributed by atoms with E-state index in [0.717, 1.165) is 15.3 Å². The summed E-state index contributed by atoms with van der Waals surface area (Å²) in [6, 6.07) is 14.1. The van der Waals surface area contributed by atoms with Gasteiger partial charge in [0.2, 0.25) is 17.6 Å². The van der Waals surface area contributed by atoms with E-state index in [1.165, 1.54) is 27.5 Å². The molecule has 0 aliphatic rings. The number of benzene rings is 1. The number of carbonyl (C=O) groups excluding carboxylic acids is 2. The molecule has 0 saturated carbocycles. The first-order chi connectivity index (χ1) is 17.2. The number of amides is 2. The molecule has 1 aromatic carbocycles. The number of nitrogens with zero attached hydrogens (tertiary/aromatic N) is 5. The van der Waals surface area contributed by atoms with Crippen molar-refractivity contribution < 1.29 is 14.3 Å². The van der Waals surface area contributed by atoms with Crippen LogP contribution in [0.1, 0.15) is 37.3 Å². The number of hydrogen-bond acceptors (Lipinski definition) is 8. The summed E-state index contributed by atoms with van der Waals surface area (Å²) < 4.78 is 5.53. The van der Waals surface area contributed by atoms with Crippen molar-refractivity contribution in [2.75, 3.05) is 7.11 Å². The van der Waals surface area contributed by atoms with Gasteiger partial charge >= 0.3 is 0 Å². The van der Waals surface area contributed by atoms with E-state index >= 15 is 0 Å². The molecule has 1 N–H and O–H groups in total. The quantitative estimate of drug-likeness (QED) is 0.353. The van der Waals surface area contributed by atoms with Gasteiger partial charge in [0.15, 0.2) is 0 Å². The first kappa shape index (κ1) is 25.5. The highest BCUT2D eigenvalue weighted by molar-refractivity contribution is 7.13. The first-order valence-corrected chi connectivity index (χ1v) is 13.1. The zero-order valence-electron chi connectivity index (χ0n) is 20.5. The molecule has 36 heavy (non-hydrogen) atoms. The van der Waals surface area contributed by atoms with Gasteiger partial charge < -0.3 is 15.0 Å². The molecule has 0 saturated heterocycles. The predicted octanol–water partition coefficient (Wildman–Crippen LogP) is 4.16. The van der Waals surface area contributed by atoms with Crippen molar-refractivity contribution >= 4 is 34.5 Å². The van der Waals surface area contributed by atoms with Crippen molar-refractivity contribution in [3.63, 3.8) is 0 Å². The predicted molar refractivity (Wildman–Crippen MR) is 140 cm³/mol. The maximum atomic E-state index is 13.8. The van der Waals surface area contributed by atoms with Crippen molar-refractivity contribution in [2.24, 2.45) is 0 Å². The molecule has 0 radical (unpaired) electrons. The number of rotatable bonds is 9. The Kier molecular flexibility index (Phi) is 7.80. The van der Waals surface area contributed by atoms with E-state index in [-0.39, 0.29) is 24.9 Å². The van der Waals surface area contributed by atoms with Crippen LogP contribution in [0.25, 0.3) is 10.7 Å². The van der Waals surface area contributed by atoms with Crippen LogP contribution < -0.4 is 10.1 Å². The molecule has 0 unspecified atom stereocenters. The highest BCUT2D eigenvalue weighted by atomic mass is 32.1. The molecule has 2 amide bonds. The SMILES string of the molecule is COc1ccccc1CN(C(=O)Cn1nnc(-c2cccs2)n1)[C@H](C(=O)NC(C)(C)C)c1cccs1. The molecule has 9 nitrogen and oxygen atoms in total. The highest BCUT2D eigenvalue weighted by Crippen LogP contribution is 2.30. The third-order valence-electron chi connectivity index (χ3n) is 5.20. The lowest BCUT2D eigenvalue weighted by molar-refractivity contribution is -0.143. The van der Waals surface area contributed by atoms with Gasteiger partial charge in [-0.2, -0.15) is 4.80 Å². The fourth-order valence-electron chi connectivity index (χ4n) is 3.68. The van der Waals surface area contributed by atoms with Crippen LogP contribution in [-0.2, 0) is 22.7 Å². The van der Waals surface area contributed by atoms with Gasteiger partial charge in [-0.3, -0.25) is 9.59 Å². The fraction of sp³-hybridized carbons (Fsp3) is 0.320. The standard InChI is InChI=1S/C25H28N6O3S2/c1-25(2,3)26-24(33)22(19-11-7-13-35-19)30(15-17-9-5-6-10-18(17)34-4)21(32)16-31-28-23(27-29-31)20-12-8-14-36-20/h5-14,22H,15-16H2,1-4H3,(H,26,33)/t22-/m0/s1. The summed E-state index contributed by atoms with van der Waals surface area (Å²) in [6.07, 6.45) is 0. The number of thiophene rings is 2. The van der Waals surface area contributed by atoms with E-state index in [1.807, 2.05) is 80.1 Å². The number of hydrogen-bond donors (Lipinski definition) is 1. The van der Waals surface area contributed by atoms with Gasteiger partial charge in [0.05, 0.1) is 18.5 Å². The molecule has 0 fully saturated rings. The summed E-state index contributed by atoms with van der Waals surface area (Å²) in [5, 5.41) is 19.4. The number of carbonyl (C=O) groups is 2. The molecule has 4 rings (SSSR count). The van der Waals surface area contributed by atoms with Crippen molar-refractivity contribution in [1.29, 1.82) is 0 Å². The Morgan fingerprint density at radius 1 is 1.08 bits per heavy atom. The first-order valence-electron chi connectivity index (χ1n) is 11.3. The van der Waals surface area contributed by atoms with Crippen LogP contribution >= 0.6 is 22.7 Å². The average molecular weight is 525 g/mol. The smallest absolute Gasteiger partial charge is 0.248 e. The summed E-state index contributed by atoms with van der Waals surface area (Å²) in [4.78, 5) is 31.8. The zero-order chi connectivity index (χ0) is 25.7. The van der Waals surface area contributed by atoms with Crippen molar-refractivity contribution in [3.05, 3.63) is 69.7 Å². The Labute approximate surface area is 217 Å². The van der Waals surface area contributed by atoms with Gasteiger partial charge in [0.1, 0.15) is 18.3 Å². The fourth-order valence-corrected chi connectivity index (χ4v) is 5.16. The minimum absolute atomic E-state index is 0.162. The number of para-hydroxylation sites is 1. The number of methoxy groups -OCH3 is 1. The molecule has 188 valence electrons. The van der Waals surface area contributed by atoms with E-state index < -0.39 is 11.6 Å². The van der Waals surface area contributed by atoms with Gasteiger partial charge in [-0.1, -0.05) is 30.3 Å². The van der Waals surface area contributed by atoms with Gasteiger partial charge in [-0.05, 0) is 54.9 Å². The third kappa shape index (κ3) is 6.16. The molecule has 0 bridgehead atoms. The maximum Gasteiger partial charge on any atom is 0.248 e. The number of nitrogens with one attached hydrogen (secondary N) is 1. The molecule has 0 aliphatic heterocycles. The molecule has 3 heterocycles. The number of aromatic nitrogens is 4. The third-order valence-corrected chi connectivity index (χ3v) is 6.99. The van der Waals surface area contributed by atoms with E-state index in [4.69, 9.17) is 4.74 Å². The van der Waals surface area contributed by atoms with Crippen LogP contribution in [-0.4, -0.2) is 49.6 Å². The summed E-state index contributed by atoms with van der Waals surface area (Å²) in [6.45, 7) is 5.73. The van der Waals surface area contributed by atoms with Crippen molar-refractivity contribution in [2.45, 2.75) is 45.4 Å². The molecule has 0 spiro atoms. The van der Waals surface area contributed by atoms with Crippen LogP contribution in [0.2, 0.25) is 0 Å². The second-order valence-electron chi connectivity index (χ2n) is 9.11. The Morgan fingerprint density at radius 2 is 1.83 bits per heavy atom. The second-order valence-corrected chi connectivity index (χ2v) is 11.0. The Bertz CT molecular complexity index is 1300. The van der Waals surface area contributed by atoms with Gasteiger partial charge in [0, 0.05) is 16.0 Å². The normalized spacial score (nSPS) is 12.2. The molecule has 4 aromatic rings. The Balaban J connectivity index is 1.69. The van der Waals surface area contributed by atoms with Crippen LogP contribution in [0, 0.1) is 0 Å². The largest absolute Gasteiger partial charge is 0.496 e. The zero-order valence-corrected chi connectivity index (χ0v) is 22.2. The van der Waals surface area contributed by atoms with Crippen molar-refractivity contribution in [1.82, 2.24) is 30.4 Å². The number of tetrazole rings is 1. The highest BCUT2D eigenvalue weighted by Gasteiger charge is 2.35. The van der Waals surface area contributed by atoms with E-state index in [0.29, 0.717) is 11.6 Å². The lowest BCUT2D eigenvalue weighted by Gasteiger charge is -2.33. The molecular weight excluding hydrogens is 496 g/mol. The topological polar surface area (TPSA) is 102 Å². The lowest BCUT2D eigenvalue weighted by Crippen LogP contribution is -2.49. The molecular formula is C25H28N6O3S2. The van der Waals surface area contributed by atoms with Gasteiger partial charge in [-0.25, -0.2) is 0 Å². The van der Waals surface area contributed by atoms with Gasteiger partial charge in [0.25, 0.3) is 0 Å². The maximum absolute atomic E-state index is 13.8. The minimum Gasteiger partial charge on any atom is -0.496 e. The van der Waals surface area contributed by atoms with E-state index in [9.17, 15) is 9.59 Å². The van der Waals surface area contributed by atoms with Crippen LogP contribution in [0.15, 0.2) is 59.3 Å². The molecule has 0 aliphatic carbocycles. The monoisotopic (exact) mass is 524 g/mol.